The third-order valence-corrected chi connectivity index (χ3v) is 3.01. The highest BCUT2D eigenvalue weighted by Crippen LogP contribution is 2.27. The normalized spacial score (nSPS) is 13.5. The van der Waals surface area contributed by atoms with Crippen molar-refractivity contribution in [2.24, 2.45) is 0 Å². The van der Waals surface area contributed by atoms with Gasteiger partial charge in [0.2, 0.25) is 0 Å². The molecule has 0 fully saturated rings. The molecule has 0 radical (unpaired) electrons. The predicted octanol–water partition coefficient (Wildman–Crippen LogP) is 4.03. The molecule has 0 aliphatic heterocycles. The minimum atomic E-state index is -2.89. The lowest BCUT2D eigenvalue weighted by atomic mass is 10.1. The van der Waals surface area contributed by atoms with Crippen LogP contribution in [0.1, 0.15) is 30.0 Å². The molecule has 0 saturated carbocycles. The number of benzene rings is 1. The number of halogens is 2. The van der Waals surface area contributed by atoms with E-state index in [9.17, 15) is 8.78 Å². The third-order valence-electron chi connectivity index (χ3n) is 3.01. The number of hydrogen-bond acceptors (Lipinski definition) is 2. The molecular weight excluding hydrogens is 248 g/mol. The van der Waals surface area contributed by atoms with Gasteiger partial charge in [0.05, 0.1) is 12.6 Å². The molecule has 1 unspecified atom stereocenters. The number of nitrogens with one attached hydrogen (secondary N) is 1. The Morgan fingerprint density at radius 1 is 1.16 bits per heavy atom. The first-order valence-corrected chi connectivity index (χ1v) is 6.22. The van der Waals surface area contributed by atoms with Gasteiger partial charge in [-0.3, -0.25) is 0 Å². The van der Waals surface area contributed by atoms with Gasteiger partial charge >= 0.3 is 0 Å². The topological polar surface area (TPSA) is 25.2 Å². The van der Waals surface area contributed by atoms with Gasteiger partial charge in [-0.25, -0.2) is 0 Å². The standard InChI is InChI=1S/C15H17F2NO/c1-11-8-9-14(19-11)12(2)18-10-15(16,17)13-6-4-3-5-7-13/h3-9,12,18H,10H2,1-2H3. The molecular formula is C15H17F2NO. The Balaban J connectivity index is 1.98. The summed E-state index contributed by atoms with van der Waals surface area (Å²) >= 11 is 0. The SMILES string of the molecule is Cc1ccc(C(C)NCC(F)(F)c2ccccc2)o1. The molecule has 0 bridgehead atoms. The van der Waals surface area contributed by atoms with Crippen LogP contribution in [0.3, 0.4) is 0 Å². The molecule has 0 amide bonds. The largest absolute Gasteiger partial charge is 0.465 e. The minimum Gasteiger partial charge on any atom is -0.465 e. The van der Waals surface area contributed by atoms with E-state index in [0.29, 0.717) is 5.76 Å². The maximum absolute atomic E-state index is 13.9. The van der Waals surface area contributed by atoms with Gasteiger partial charge in [0.15, 0.2) is 0 Å². The fourth-order valence-electron chi connectivity index (χ4n) is 1.85. The van der Waals surface area contributed by atoms with E-state index in [1.54, 1.807) is 31.2 Å². The van der Waals surface area contributed by atoms with Gasteiger partial charge in [-0.2, -0.15) is 8.78 Å². The molecule has 2 rings (SSSR count). The summed E-state index contributed by atoms with van der Waals surface area (Å²) in [6, 6.07) is 11.2. The predicted molar refractivity (Wildman–Crippen MR) is 70.2 cm³/mol. The van der Waals surface area contributed by atoms with E-state index in [-0.39, 0.29) is 11.6 Å². The number of alkyl halides is 2. The molecule has 0 saturated heterocycles. The Hall–Kier alpha value is -1.68. The van der Waals surface area contributed by atoms with Crippen molar-refractivity contribution in [2.75, 3.05) is 6.54 Å². The number of aryl methyl sites for hydroxylation is 1. The summed E-state index contributed by atoms with van der Waals surface area (Å²) in [4.78, 5) is 0. The van der Waals surface area contributed by atoms with Crippen LogP contribution in [0.5, 0.6) is 0 Å². The summed E-state index contributed by atoms with van der Waals surface area (Å²) in [5, 5.41) is 2.81. The second-order valence-electron chi connectivity index (χ2n) is 4.62. The lowest BCUT2D eigenvalue weighted by Crippen LogP contribution is -2.32. The van der Waals surface area contributed by atoms with Gasteiger partial charge in [-0.15, -0.1) is 0 Å². The maximum Gasteiger partial charge on any atom is 0.285 e. The fraction of sp³-hybridized carbons (Fsp3) is 0.333. The number of rotatable bonds is 5. The Bertz CT molecular complexity index is 522. The van der Waals surface area contributed by atoms with Crippen molar-refractivity contribution in [3.05, 3.63) is 59.5 Å². The van der Waals surface area contributed by atoms with Crippen LogP contribution in [-0.4, -0.2) is 6.54 Å². The highest BCUT2D eigenvalue weighted by atomic mass is 19.3. The van der Waals surface area contributed by atoms with Crippen molar-refractivity contribution in [1.29, 1.82) is 0 Å². The van der Waals surface area contributed by atoms with Crippen LogP contribution in [0, 0.1) is 6.92 Å². The summed E-state index contributed by atoms with van der Waals surface area (Å²) in [5.74, 6) is -1.45. The molecule has 2 nitrogen and oxygen atoms in total. The van der Waals surface area contributed by atoms with Gasteiger partial charge in [-0.05, 0) is 26.0 Å². The van der Waals surface area contributed by atoms with E-state index in [1.165, 1.54) is 12.1 Å². The first kappa shape index (κ1) is 13.7. The van der Waals surface area contributed by atoms with E-state index >= 15 is 0 Å². The molecule has 4 heteroatoms. The number of furan rings is 1. The van der Waals surface area contributed by atoms with Crippen molar-refractivity contribution < 1.29 is 13.2 Å². The van der Waals surface area contributed by atoms with E-state index in [0.717, 1.165) is 5.76 Å². The molecule has 1 N–H and O–H groups in total. The Kier molecular flexibility index (Phi) is 4.00. The van der Waals surface area contributed by atoms with Gasteiger partial charge in [0.25, 0.3) is 5.92 Å². The van der Waals surface area contributed by atoms with Crippen LogP contribution < -0.4 is 5.32 Å². The average molecular weight is 265 g/mol. The third kappa shape index (κ3) is 3.41. The quantitative estimate of drug-likeness (QED) is 0.883. The summed E-state index contributed by atoms with van der Waals surface area (Å²) in [5.41, 5.74) is 0.0188. The summed E-state index contributed by atoms with van der Waals surface area (Å²) in [6.07, 6.45) is 0. The van der Waals surface area contributed by atoms with E-state index < -0.39 is 12.5 Å². The highest BCUT2D eigenvalue weighted by Gasteiger charge is 2.31. The summed E-state index contributed by atoms with van der Waals surface area (Å²) < 4.78 is 33.3. The monoisotopic (exact) mass is 265 g/mol. The van der Waals surface area contributed by atoms with Crippen LogP contribution in [0.4, 0.5) is 8.78 Å². The van der Waals surface area contributed by atoms with Crippen molar-refractivity contribution in [2.45, 2.75) is 25.8 Å². The van der Waals surface area contributed by atoms with Crippen molar-refractivity contribution in [3.63, 3.8) is 0 Å². The number of hydrogen-bond donors (Lipinski definition) is 1. The molecule has 1 atom stereocenters. The van der Waals surface area contributed by atoms with Crippen LogP contribution in [0.25, 0.3) is 0 Å². The summed E-state index contributed by atoms with van der Waals surface area (Å²) in [7, 11) is 0. The van der Waals surface area contributed by atoms with Crippen molar-refractivity contribution in [1.82, 2.24) is 5.32 Å². The Morgan fingerprint density at radius 3 is 2.42 bits per heavy atom. The van der Waals surface area contributed by atoms with Crippen LogP contribution in [0.2, 0.25) is 0 Å². The van der Waals surface area contributed by atoms with Crippen LogP contribution >= 0.6 is 0 Å². The molecule has 1 aromatic heterocycles. The second kappa shape index (κ2) is 5.53. The first-order chi connectivity index (χ1) is 8.99. The summed E-state index contributed by atoms with van der Waals surface area (Å²) in [6.45, 7) is 3.21. The van der Waals surface area contributed by atoms with Crippen molar-refractivity contribution >= 4 is 0 Å². The zero-order valence-electron chi connectivity index (χ0n) is 11.0. The van der Waals surface area contributed by atoms with Gasteiger partial charge in [0, 0.05) is 5.56 Å². The molecule has 102 valence electrons. The second-order valence-corrected chi connectivity index (χ2v) is 4.62. The smallest absolute Gasteiger partial charge is 0.285 e. The molecule has 1 aromatic carbocycles. The molecule has 2 aromatic rings. The molecule has 19 heavy (non-hydrogen) atoms. The van der Waals surface area contributed by atoms with Gasteiger partial charge in [0.1, 0.15) is 11.5 Å². The minimum absolute atomic E-state index is 0.0188. The first-order valence-electron chi connectivity index (χ1n) is 6.22. The van der Waals surface area contributed by atoms with Crippen LogP contribution in [-0.2, 0) is 5.92 Å². The average Bonchev–Trinajstić information content (AvgIpc) is 2.84. The van der Waals surface area contributed by atoms with E-state index in [1.807, 2.05) is 13.0 Å². The van der Waals surface area contributed by atoms with Crippen molar-refractivity contribution in [3.8, 4) is 0 Å². The fourth-order valence-corrected chi connectivity index (χ4v) is 1.85. The van der Waals surface area contributed by atoms with Crippen LogP contribution in [0.15, 0.2) is 46.9 Å². The zero-order valence-corrected chi connectivity index (χ0v) is 11.0. The lowest BCUT2D eigenvalue weighted by molar-refractivity contribution is -0.00585. The molecule has 1 heterocycles. The molecule has 0 aliphatic carbocycles. The zero-order chi connectivity index (χ0) is 13.9. The van der Waals surface area contributed by atoms with E-state index in [4.69, 9.17) is 4.42 Å². The Morgan fingerprint density at radius 2 is 1.84 bits per heavy atom. The Labute approximate surface area is 111 Å². The van der Waals surface area contributed by atoms with Gasteiger partial charge < -0.3 is 9.73 Å². The lowest BCUT2D eigenvalue weighted by Gasteiger charge is -2.20. The molecule has 0 spiro atoms. The maximum atomic E-state index is 13.9. The highest BCUT2D eigenvalue weighted by molar-refractivity contribution is 5.20. The van der Waals surface area contributed by atoms with Gasteiger partial charge in [-0.1, -0.05) is 30.3 Å². The van der Waals surface area contributed by atoms with E-state index in [2.05, 4.69) is 5.32 Å². The molecule has 0 aliphatic rings.